The van der Waals surface area contributed by atoms with E-state index in [1.54, 1.807) is 0 Å². The molecule has 29 heavy (non-hydrogen) atoms. The van der Waals surface area contributed by atoms with Crippen LogP contribution in [0.2, 0.25) is 0 Å². The van der Waals surface area contributed by atoms with Crippen molar-refractivity contribution in [3.05, 3.63) is 36.2 Å². The lowest BCUT2D eigenvalue weighted by atomic mass is 10.2. The summed E-state index contributed by atoms with van der Waals surface area (Å²) in [5, 5.41) is 8.84. The van der Waals surface area contributed by atoms with Gasteiger partial charge in [-0.25, -0.2) is 14.6 Å². The number of carbonyl (C=O) groups is 2. The fraction of sp³-hybridized carbons (Fsp3) is 0.471. The average molecular weight is 412 g/mol. The van der Waals surface area contributed by atoms with Gasteiger partial charge in [0, 0.05) is 19.3 Å². The Labute approximate surface area is 163 Å². The number of carbonyl (C=O) groups excluding carboxylic acids is 2. The van der Waals surface area contributed by atoms with Crippen molar-refractivity contribution in [2.75, 3.05) is 18.5 Å². The second kappa shape index (κ2) is 8.99. The molecule has 9 nitrogen and oxygen atoms in total. The van der Waals surface area contributed by atoms with Crippen LogP contribution in [0.3, 0.4) is 0 Å². The molecule has 1 saturated heterocycles. The van der Waals surface area contributed by atoms with Crippen molar-refractivity contribution in [1.29, 1.82) is 0 Å². The predicted octanol–water partition coefficient (Wildman–Crippen LogP) is 2.31. The topological polar surface area (TPSA) is 111 Å². The molecule has 0 saturated carbocycles. The van der Waals surface area contributed by atoms with Crippen LogP contribution in [0.15, 0.2) is 24.8 Å². The van der Waals surface area contributed by atoms with Crippen molar-refractivity contribution < 1.29 is 27.5 Å². The summed E-state index contributed by atoms with van der Waals surface area (Å²) in [4.78, 5) is 32.3. The lowest BCUT2D eigenvalue weighted by Gasteiger charge is -2.22. The van der Waals surface area contributed by atoms with Gasteiger partial charge in [-0.3, -0.25) is 9.59 Å². The van der Waals surface area contributed by atoms with Crippen molar-refractivity contribution in [3.63, 3.8) is 0 Å². The zero-order chi connectivity index (χ0) is 20.9. The first-order chi connectivity index (χ1) is 13.8. The minimum atomic E-state index is -4.40. The lowest BCUT2D eigenvalue weighted by Crippen LogP contribution is -2.29. The predicted molar refractivity (Wildman–Crippen MR) is 94.1 cm³/mol. The van der Waals surface area contributed by atoms with E-state index < -0.39 is 37.2 Å². The van der Waals surface area contributed by atoms with Crippen molar-refractivity contribution >= 4 is 17.5 Å². The highest BCUT2D eigenvalue weighted by molar-refractivity contribution is 6.07. The average Bonchev–Trinajstić information content (AvgIpc) is 3.12. The molecule has 1 fully saturated rings. The Balaban J connectivity index is 1.79. The number of hydrogen-bond donors (Lipinski definition) is 2. The molecule has 1 unspecified atom stereocenters. The maximum atomic E-state index is 12.4. The van der Waals surface area contributed by atoms with Gasteiger partial charge in [0.25, 0.3) is 11.8 Å². The third-order valence-electron chi connectivity index (χ3n) is 4.15. The van der Waals surface area contributed by atoms with Gasteiger partial charge in [0.1, 0.15) is 18.2 Å². The lowest BCUT2D eigenvalue weighted by molar-refractivity contribution is -0.133. The molecule has 0 radical (unpaired) electrons. The Morgan fingerprint density at radius 2 is 2.10 bits per heavy atom. The van der Waals surface area contributed by atoms with Crippen molar-refractivity contribution in [2.24, 2.45) is 0 Å². The monoisotopic (exact) mass is 412 g/mol. The van der Waals surface area contributed by atoms with E-state index in [1.165, 1.54) is 29.5 Å². The van der Waals surface area contributed by atoms with Crippen molar-refractivity contribution in [2.45, 2.75) is 38.1 Å². The molecule has 0 aromatic carbocycles. The van der Waals surface area contributed by atoms with Crippen LogP contribution in [0.5, 0.6) is 0 Å². The Bertz CT molecular complexity index is 850. The Morgan fingerprint density at radius 1 is 1.28 bits per heavy atom. The van der Waals surface area contributed by atoms with Crippen LogP contribution < -0.4 is 10.6 Å². The van der Waals surface area contributed by atoms with E-state index in [-0.39, 0.29) is 17.1 Å². The second-order valence-electron chi connectivity index (χ2n) is 6.36. The van der Waals surface area contributed by atoms with Gasteiger partial charge < -0.3 is 15.4 Å². The molecule has 156 valence electrons. The fourth-order valence-corrected chi connectivity index (χ4v) is 2.74. The van der Waals surface area contributed by atoms with E-state index in [9.17, 15) is 22.8 Å². The number of nitrogens with zero attached hydrogens (tertiary/aromatic N) is 4. The second-order valence-corrected chi connectivity index (χ2v) is 6.36. The molecule has 2 aromatic rings. The van der Waals surface area contributed by atoms with Gasteiger partial charge in [-0.2, -0.15) is 18.3 Å². The zero-order valence-corrected chi connectivity index (χ0v) is 15.3. The summed E-state index contributed by atoms with van der Waals surface area (Å²) in [6.07, 6.45) is 0.477. The molecule has 3 rings (SSSR count). The number of aromatic nitrogens is 4. The molecule has 12 heteroatoms. The number of rotatable bonds is 6. The van der Waals surface area contributed by atoms with Gasteiger partial charge in [0.05, 0.1) is 18.3 Å². The minimum Gasteiger partial charge on any atom is -0.357 e. The first-order valence-corrected chi connectivity index (χ1v) is 8.96. The first-order valence-electron chi connectivity index (χ1n) is 8.96. The molecular weight excluding hydrogens is 393 g/mol. The summed E-state index contributed by atoms with van der Waals surface area (Å²) < 4.78 is 44.0. The SMILES string of the molecule is O=C(Nc1cn(C2CCCCO2)nc1C(=O)NCCC(F)(F)F)c1ccncn1. The summed E-state index contributed by atoms with van der Waals surface area (Å²) in [6, 6.07) is 1.38. The zero-order valence-electron chi connectivity index (χ0n) is 15.3. The Hall–Kier alpha value is -3.02. The van der Waals surface area contributed by atoms with E-state index >= 15 is 0 Å². The Morgan fingerprint density at radius 3 is 2.76 bits per heavy atom. The van der Waals surface area contributed by atoms with Crippen LogP contribution in [0.25, 0.3) is 0 Å². The van der Waals surface area contributed by atoms with E-state index in [0.717, 1.165) is 12.8 Å². The van der Waals surface area contributed by atoms with Crippen molar-refractivity contribution in [1.82, 2.24) is 25.1 Å². The highest BCUT2D eigenvalue weighted by atomic mass is 19.4. The van der Waals surface area contributed by atoms with E-state index in [4.69, 9.17) is 4.74 Å². The summed E-state index contributed by atoms with van der Waals surface area (Å²) in [6.45, 7) is -0.0747. The molecular formula is C17H19F3N6O3. The smallest absolute Gasteiger partial charge is 0.357 e. The van der Waals surface area contributed by atoms with E-state index in [1.807, 2.05) is 0 Å². The van der Waals surface area contributed by atoms with Crippen molar-refractivity contribution in [3.8, 4) is 0 Å². The van der Waals surface area contributed by atoms with Gasteiger partial charge in [-0.1, -0.05) is 0 Å². The molecule has 0 bridgehead atoms. The van der Waals surface area contributed by atoms with Gasteiger partial charge in [0.2, 0.25) is 0 Å². The minimum absolute atomic E-state index is 0.0484. The molecule has 1 atom stereocenters. The molecule has 0 spiro atoms. The third kappa shape index (κ3) is 5.73. The van der Waals surface area contributed by atoms with Gasteiger partial charge in [-0.05, 0) is 25.3 Å². The standard InChI is InChI=1S/C17H19F3N6O3/c18-17(19,20)5-7-22-16(28)14-12(24-15(27)11-4-6-21-10-23-11)9-26(25-14)13-3-1-2-8-29-13/h4,6,9-10,13H,1-3,5,7-8H2,(H,22,28)(H,24,27). The fourth-order valence-electron chi connectivity index (χ4n) is 2.74. The molecule has 3 heterocycles. The van der Waals surface area contributed by atoms with E-state index in [0.29, 0.717) is 13.0 Å². The van der Waals surface area contributed by atoms with Crippen LogP contribution in [0.4, 0.5) is 18.9 Å². The number of anilines is 1. The van der Waals surface area contributed by atoms with Crippen LogP contribution in [0.1, 0.15) is 52.9 Å². The first kappa shape index (κ1) is 20.7. The normalized spacial score (nSPS) is 17.0. The van der Waals surface area contributed by atoms with Crippen LogP contribution in [0, 0.1) is 0 Å². The number of nitrogens with one attached hydrogen (secondary N) is 2. The summed E-state index contributed by atoms with van der Waals surface area (Å²) >= 11 is 0. The molecule has 1 aliphatic rings. The van der Waals surface area contributed by atoms with Crippen LogP contribution >= 0.6 is 0 Å². The highest BCUT2D eigenvalue weighted by Gasteiger charge is 2.28. The summed E-state index contributed by atoms with van der Waals surface area (Å²) in [5.41, 5.74) is -0.0962. The van der Waals surface area contributed by atoms with Gasteiger partial charge in [-0.15, -0.1) is 0 Å². The number of ether oxygens (including phenoxy) is 1. The highest BCUT2D eigenvalue weighted by Crippen LogP contribution is 2.25. The Kier molecular flexibility index (Phi) is 6.42. The third-order valence-corrected chi connectivity index (χ3v) is 4.15. The number of hydrogen-bond acceptors (Lipinski definition) is 6. The van der Waals surface area contributed by atoms with Crippen LogP contribution in [-0.2, 0) is 4.74 Å². The summed E-state index contributed by atoms with van der Waals surface area (Å²) in [7, 11) is 0. The number of alkyl halides is 3. The number of halogens is 3. The molecule has 2 aromatic heterocycles. The van der Waals surface area contributed by atoms with Crippen LogP contribution in [-0.4, -0.2) is 50.9 Å². The molecule has 1 aliphatic heterocycles. The van der Waals surface area contributed by atoms with E-state index in [2.05, 4.69) is 25.7 Å². The largest absolute Gasteiger partial charge is 0.390 e. The maximum Gasteiger partial charge on any atom is 0.390 e. The molecule has 2 amide bonds. The van der Waals surface area contributed by atoms with Gasteiger partial charge in [0.15, 0.2) is 5.69 Å². The van der Waals surface area contributed by atoms with Gasteiger partial charge >= 0.3 is 6.18 Å². The number of amides is 2. The summed E-state index contributed by atoms with van der Waals surface area (Å²) in [5.74, 6) is -1.44. The molecule has 2 N–H and O–H groups in total. The maximum absolute atomic E-state index is 12.4. The molecule has 0 aliphatic carbocycles. The quantitative estimate of drug-likeness (QED) is 0.753.